The lowest BCUT2D eigenvalue weighted by atomic mass is 10.1. The number of aryl methyl sites for hydroxylation is 1. The van der Waals surface area contributed by atoms with Gasteiger partial charge in [0, 0.05) is 12.6 Å². The van der Waals surface area contributed by atoms with Gasteiger partial charge >= 0.3 is 0 Å². The molecule has 3 aromatic rings. The number of halogens is 2. The van der Waals surface area contributed by atoms with E-state index in [0.29, 0.717) is 6.42 Å². The molecule has 7 nitrogen and oxygen atoms in total. The molecule has 3 rings (SSSR count). The molecule has 39 heavy (non-hydrogen) atoms. The molecule has 0 heterocycles. The summed E-state index contributed by atoms with van der Waals surface area (Å²) in [7, 11) is -4.26. The fraction of sp³-hybridized carbons (Fsp3) is 0.310. The highest BCUT2D eigenvalue weighted by Crippen LogP contribution is 2.28. The molecular formula is C29H33ClFN3O4S. The van der Waals surface area contributed by atoms with E-state index in [0.717, 1.165) is 21.5 Å². The average molecular weight is 574 g/mol. The third-order valence-corrected chi connectivity index (χ3v) is 8.30. The van der Waals surface area contributed by atoms with Gasteiger partial charge in [0.15, 0.2) is 0 Å². The maximum absolute atomic E-state index is 14.0. The topological polar surface area (TPSA) is 86.8 Å². The summed E-state index contributed by atoms with van der Waals surface area (Å²) >= 11 is 6.00. The molecule has 0 saturated heterocycles. The van der Waals surface area contributed by atoms with Crippen LogP contribution in [0, 0.1) is 12.7 Å². The van der Waals surface area contributed by atoms with Crippen molar-refractivity contribution in [1.29, 1.82) is 0 Å². The van der Waals surface area contributed by atoms with Gasteiger partial charge in [0.1, 0.15) is 18.4 Å². The number of hydrogen-bond donors (Lipinski definition) is 1. The molecule has 10 heteroatoms. The van der Waals surface area contributed by atoms with Gasteiger partial charge in [0.25, 0.3) is 10.0 Å². The summed E-state index contributed by atoms with van der Waals surface area (Å²) in [6, 6.07) is 17.6. The van der Waals surface area contributed by atoms with Crippen LogP contribution in [0.5, 0.6) is 0 Å². The summed E-state index contributed by atoms with van der Waals surface area (Å²) in [6.07, 6.45) is 0.310. The average Bonchev–Trinajstić information content (AvgIpc) is 2.89. The highest BCUT2D eigenvalue weighted by Gasteiger charge is 2.34. The summed E-state index contributed by atoms with van der Waals surface area (Å²) in [6.45, 7) is 6.81. The van der Waals surface area contributed by atoms with Crippen LogP contribution in [-0.2, 0) is 26.2 Å². The highest BCUT2D eigenvalue weighted by atomic mass is 35.5. The molecule has 0 bridgehead atoms. The number of carbonyl (C=O) groups excluding carboxylic acids is 2. The molecule has 0 spiro atoms. The Morgan fingerprint density at radius 1 is 1.00 bits per heavy atom. The number of sulfonamides is 1. The van der Waals surface area contributed by atoms with Crippen molar-refractivity contribution in [3.8, 4) is 0 Å². The molecule has 1 N–H and O–H groups in total. The zero-order valence-corrected chi connectivity index (χ0v) is 24.0. The van der Waals surface area contributed by atoms with E-state index in [-0.39, 0.29) is 34.1 Å². The van der Waals surface area contributed by atoms with E-state index >= 15 is 0 Å². The summed E-state index contributed by atoms with van der Waals surface area (Å²) in [5.74, 6) is -1.65. The van der Waals surface area contributed by atoms with Crippen molar-refractivity contribution >= 4 is 39.1 Å². The quantitative estimate of drug-likeness (QED) is 0.337. The molecule has 0 aliphatic heterocycles. The van der Waals surface area contributed by atoms with E-state index in [4.69, 9.17) is 11.6 Å². The second-order valence-electron chi connectivity index (χ2n) is 9.46. The van der Waals surface area contributed by atoms with Crippen LogP contribution in [0.1, 0.15) is 38.3 Å². The van der Waals surface area contributed by atoms with Crippen LogP contribution in [0.2, 0.25) is 5.02 Å². The zero-order chi connectivity index (χ0) is 28.7. The summed E-state index contributed by atoms with van der Waals surface area (Å²) in [5, 5.41) is 2.58. The Kier molecular flexibility index (Phi) is 10.1. The third-order valence-electron chi connectivity index (χ3n) is 6.22. The Bertz CT molecular complexity index is 1420. The van der Waals surface area contributed by atoms with Crippen molar-refractivity contribution in [1.82, 2.24) is 10.2 Å². The van der Waals surface area contributed by atoms with Crippen LogP contribution < -0.4 is 9.62 Å². The van der Waals surface area contributed by atoms with Crippen molar-refractivity contribution in [2.75, 3.05) is 10.8 Å². The molecule has 2 amide bonds. The largest absolute Gasteiger partial charge is 0.352 e. The molecule has 0 fully saturated rings. The van der Waals surface area contributed by atoms with Crippen LogP contribution in [-0.4, -0.2) is 43.8 Å². The van der Waals surface area contributed by atoms with Gasteiger partial charge in [-0.2, -0.15) is 0 Å². The summed E-state index contributed by atoms with van der Waals surface area (Å²) in [4.78, 5) is 28.5. The molecule has 0 unspecified atom stereocenters. The molecule has 0 saturated carbocycles. The van der Waals surface area contributed by atoms with Gasteiger partial charge in [-0.3, -0.25) is 13.9 Å². The second kappa shape index (κ2) is 13.1. The first-order valence-corrected chi connectivity index (χ1v) is 14.4. The van der Waals surface area contributed by atoms with E-state index in [1.807, 2.05) is 45.0 Å². The van der Waals surface area contributed by atoms with E-state index in [1.165, 1.54) is 29.2 Å². The molecule has 0 radical (unpaired) electrons. The van der Waals surface area contributed by atoms with Crippen LogP contribution in [0.15, 0.2) is 77.7 Å². The minimum atomic E-state index is -4.26. The maximum Gasteiger partial charge on any atom is 0.264 e. The maximum atomic E-state index is 14.0. The van der Waals surface area contributed by atoms with Gasteiger partial charge in [0.05, 0.1) is 15.6 Å². The number of hydrogen-bond acceptors (Lipinski definition) is 4. The second-order valence-corrected chi connectivity index (χ2v) is 11.7. The lowest BCUT2D eigenvalue weighted by molar-refractivity contribution is -0.140. The Labute approximate surface area is 234 Å². The normalized spacial score (nSPS) is 12.2. The first kappa shape index (κ1) is 30.1. The Morgan fingerprint density at radius 3 is 2.23 bits per heavy atom. The van der Waals surface area contributed by atoms with Gasteiger partial charge in [-0.25, -0.2) is 12.8 Å². The molecule has 0 aromatic heterocycles. The van der Waals surface area contributed by atoms with Gasteiger partial charge < -0.3 is 10.2 Å². The number of rotatable bonds is 11. The fourth-order valence-corrected chi connectivity index (χ4v) is 5.76. The highest BCUT2D eigenvalue weighted by molar-refractivity contribution is 7.92. The minimum Gasteiger partial charge on any atom is -0.352 e. The standard InChI is InChI=1S/C29H33ClFN3O4S/c1-5-27(29(36)32-20(2)3)33(18-22-12-10-9-11-21(22)4)28(35)19-34(23-15-16-26(31)25(30)17-23)39(37,38)24-13-7-6-8-14-24/h6-17,20,27H,5,18-19H2,1-4H3,(H,32,36)/t27-/m0/s1. The minimum absolute atomic E-state index is 0.0223. The van der Waals surface area contributed by atoms with E-state index in [1.54, 1.807) is 25.1 Å². The predicted octanol–water partition coefficient (Wildman–Crippen LogP) is 5.31. The van der Waals surface area contributed by atoms with Gasteiger partial charge in [0.2, 0.25) is 11.8 Å². The first-order valence-electron chi connectivity index (χ1n) is 12.6. The fourth-order valence-electron chi connectivity index (χ4n) is 4.16. The van der Waals surface area contributed by atoms with Gasteiger partial charge in [-0.15, -0.1) is 0 Å². The number of nitrogens with one attached hydrogen (secondary N) is 1. The molecular weight excluding hydrogens is 541 g/mol. The first-order chi connectivity index (χ1) is 18.4. The SMILES string of the molecule is CC[C@@H](C(=O)NC(C)C)N(Cc1ccccc1C)C(=O)CN(c1ccc(F)c(Cl)c1)S(=O)(=O)c1ccccc1. The van der Waals surface area contributed by atoms with Crippen LogP contribution >= 0.6 is 11.6 Å². The lowest BCUT2D eigenvalue weighted by Crippen LogP contribution is -2.53. The molecule has 1 atom stereocenters. The molecule has 0 aliphatic carbocycles. The smallest absolute Gasteiger partial charge is 0.264 e. The zero-order valence-electron chi connectivity index (χ0n) is 22.4. The Hall–Kier alpha value is -3.43. The van der Waals surface area contributed by atoms with Crippen molar-refractivity contribution in [3.63, 3.8) is 0 Å². The molecule has 3 aromatic carbocycles. The van der Waals surface area contributed by atoms with Crippen molar-refractivity contribution in [2.24, 2.45) is 0 Å². The van der Waals surface area contributed by atoms with Gasteiger partial charge in [-0.1, -0.05) is 61.0 Å². The van der Waals surface area contributed by atoms with Gasteiger partial charge in [-0.05, 0) is 68.7 Å². The number of amides is 2. The van der Waals surface area contributed by atoms with E-state index in [9.17, 15) is 22.4 Å². The van der Waals surface area contributed by atoms with Crippen molar-refractivity contribution in [3.05, 3.63) is 94.8 Å². The molecule has 208 valence electrons. The number of benzene rings is 3. The number of nitrogens with zero attached hydrogens (tertiary/aromatic N) is 2. The van der Waals surface area contributed by atoms with E-state index < -0.39 is 34.3 Å². The van der Waals surface area contributed by atoms with Crippen molar-refractivity contribution < 1.29 is 22.4 Å². The number of anilines is 1. The summed E-state index contributed by atoms with van der Waals surface area (Å²) < 4.78 is 42.4. The van der Waals surface area contributed by atoms with Crippen LogP contribution in [0.4, 0.5) is 10.1 Å². The monoisotopic (exact) mass is 573 g/mol. The van der Waals surface area contributed by atoms with Crippen LogP contribution in [0.25, 0.3) is 0 Å². The predicted molar refractivity (Wildman–Crippen MR) is 151 cm³/mol. The summed E-state index contributed by atoms with van der Waals surface area (Å²) in [5.41, 5.74) is 1.77. The Morgan fingerprint density at radius 2 is 1.64 bits per heavy atom. The molecule has 0 aliphatic rings. The number of carbonyl (C=O) groups is 2. The van der Waals surface area contributed by atoms with Crippen LogP contribution in [0.3, 0.4) is 0 Å². The lowest BCUT2D eigenvalue weighted by Gasteiger charge is -2.34. The third kappa shape index (κ3) is 7.36. The van der Waals surface area contributed by atoms with E-state index in [2.05, 4.69) is 5.32 Å². The van der Waals surface area contributed by atoms with Crippen molar-refractivity contribution in [2.45, 2.75) is 57.6 Å². The Balaban J connectivity index is 2.09.